The number of primary amides is 1. The number of phenolic OH excluding ortho intramolecular Hbond substituents is 1. The molecule has 0 spiro atoms. The van der Waals surface area contributed by atoms with E-state index in [1.165, 1.54) is 45.2 Å². The molecule has 1 saturated carbocycles. The van der Waals surface area contributed by atoms with Crippen molar-refractivity contribution < 1.29 is 96.8 Å². The van der Waals surface area contributed by atoms with Crippen molar-refractivity contribution in [3.8, 4) is 16.9 Å². The fourth-order valence-electron chi connectivity index (χ4n) is 15.6. The number of benzene rings is 4. The van der Waals surface area contributed by atoms with Gasteiger partial charge in [-0.1, -0.05) is 172 Å². The number of H-pyrrole nitrogens is 1. The summed E-state index contributed by atoms with van der Waals surface area (Å²) in [6.45, 7) is 16.2. The highest BCUT2D eigenvalue weighted by Gasteiger charge is 2.42. The number of carbonyl (C=O) groups excluding carboxylic acids is 16. The molecule has 2 heterocycles. The predicted molar refractivity (Wildman–Crippen MR) is 508 cm³/mol. The van der Waals surface area contributed by atoms with E-state index in [0.717, 1.165) is 42.2 Å². The second kappa shape index (κ2) is 53.2. The van der Waals surface area contributed by atoms with E-state index in [4.69, 9.17) is 22.6 Å². The van der Waals surface area contributed by atoms with Crippen molar-refractivity contribution in [2.24, 2.45) is 46.8 Å². The molecular formula is C94H135N21O20S. The van der Waals surface area contributed by atoms with Crippen LogP contribution < -0.4 is 97.0 Å². The summed E-state index contributed by atoms with van der Waals surface area (Å²) in [7, 11) is 1.31. The number of carboxylic acid groups (broad SMARTS) is 1. The molecule has 16 amide bonds. The van der Waals surface area contributed by atoms with Crippen molar-refractivity contribution in [3.05, 3.63) is 126 Å². The molecule has 1 aromatic heterocycles. The number of aliphatic hydroxyl groups is 1. The van der Waals surface area contributed by atoms with Crippen molar-refractivity contribution >= 4 is 129 Å². The Morgan fingerprint density at radius 2 is 0.978 bits per heavy atom. The van der Waals surface area contributed by atoms with E-state index in [1.54, 1.807) is 98.0 Å². The second-order valence-electron chi connectivity index (χ2n) is 36.2. The Hall–Kier alpha value is -13.2. The van der Waals surface area contributed by atoms with E-state index in [0.29, 0.717) is 46.6 Å². The smallest absolute Gasteiger partial charge is 0.305 e. The molecule has 0 unspecified atom stereocenters. The van der Waals surface area contributed by atoms with Crippen LogP contribution in [0.2, 0.25) is 0 Å². The summed E-state index contributed by atoms with van der Waals surface area (Å²) in [4.78, 5) is 252. The van der Waals surface area contributed by atoms with Crippen LogP contribution in [0, 0.1) is 35.0 Å². The zero-order valence-corrected chi connectivity index (χ0v) is 79.7. The number of likely N-dealkylation sites (N-methyl/N-ethyl adjacent to an activating group) is 1. The van der Waals surface area contributed by atoms with E-state index in [-0.39, 0.29) is 68.2 Å². The number of aliphatic carboxylic acids is 1. The average Bonchev–Trinajstić information content (AvgIpc) is 1.38. The average molecular weight is 1910 g/mol. The van der Waals surface area contributed by atoms with Crippen LogP contribution in [0.4, 0.5) is 0 Å². The van der Waals surface area contributed by atoms with Gasteiger partial charge in [-0.2, -0.15) is 0 Å². The molecule has 1 aliphatic carbocycles. The molecule has 0 radical (unpaired) electrons. The largest absolute Gasteiger partial charge is 0.508 e. The van der Waals surface area contributed by atoms with E-state index in [2.05, 4.69) is 84.7 Å². The zero-order chi connectivity index (χ0) is 100. The second-order valence-corrected chi connectivity index (χ2v) is 37.2. The number of aliphatic hydroxyl groups excluding tert-OH is 1. The Bertz CT molecular complexity index is 4990. The molecule has 1 saturated heterocycles. The van der Waals surface area contributed by atoms with Gasteiger partial charge in [0.25, 0.3) is 0 Å². The van der Waals surface area contributed by atoms with Crippen LogP contribution in [-0.4, -0.2) is 260 Å². The van der Waals surface area contributed by atoms with Gasteiger partial charge in [0.2, 0.25) is 94.5 Å². The number of aromatic amines is 1. The van der Waals surface area contributed by atoms with E-state index in [9.17, 15) is 63.3 Å². The number of nitrogens with one attached hydrogen (secondary N) is 17. The van der Waals surface area contributed by atoms with Gasteiger partial charge in [0.1, 0.15) is 96.4 Å². The van der Waals surface area contributed by atoms with Crippen LogP contribution in [-0.2, 0) is 101 Å². The highest BCUT2D eigenvalue weighted by Crippen LogP contribution is 2.29. The maximum absolute atomic E-state index is 15.4. The minimum atomic E-state index is -2.06. The van der Waals surface area contributed by atoms with E-state index in [1.807, 2.05) is 42.5 Å². The van der Waals surface area contributed by atoms with Gasteiger partial charge in [-0.25, -0.2) is 0 Å². The van der Waals surface area contributed by atoms with Crippen LogP contribution in [0.15, 0.2) is 109 Å². The topological polar surface area (TPSA) is 652 Å². The molecule has 26 N–H and O–H groups in total. The van der Waals surface area contributed by atoms with Crippen LogP contribution in [0.25, 0.3) is 22.0 Å². The number of rotatable bonds is 25. The summed E-state index contributed by atoms with van der Waals surface area (Å²) < 4.78 is 0. The van der Waals surface area contributed by atoms with Crippen LogP contribution in [0.5, 0.6) is 5.75 Å². The molecule has 2 fully saturated rings. The standard InChI is InChI=1S/C94H135N21O20S/c1-48(2)38-65-82(124)103-64(28-21-37-99-94(97)98)81(123)105-67(39-55-22-15-13-16-23-55)85(127)112-76(50(5)6)91(133)114-78(54(11)116)92(134)110-72(89(131)101-52(9)79(96)121)46-136-47-73(118)102-71(44-95)88(130)106-66(41-57-31-35-61(117)36-32-57)83(125)108-70(43-74(119)120)84(126)107-69(42-60-45-100-63-27-20-19-26-62(60)63)87(129)111-75(49(3)4)90(132)109-68(40-56-29-33-59(34-30-56)58-24-17-14-18-25-58)86(128)113-77(51(7)8)93(135)115(12)53(10)80(122)104-65/h14,17-20,24-27,29-36,45,48-55,64-72,75-78,100,116-117H,13,15-16,21-23,28,37-44,46-47,95H2,1-12H3,(H2,96,121)(H,101,131)(H,102,118)(H,103,124)(H,104,122)(H,105,123)(H,106,130)(H,107,126)(H,108,125)(H,109,132)(H,110,134)(H,111,129)(H,112,127)(H,113,128)(H,114,133)(H,119,120)(H4,97,98,99)/t52-,53-,54+,64-,65+,66-,67-,68-,69-,70-,71-,72-,75-,76-,77-,78-/m0/s1. The van der Waals surface area contributed by atoms with Gasteiger partial charge in [-0.05, 0) is 122 Å². The number of aromatic nitrogens is 1. The zero-order valence-electron chi connectivity index (χ0n) is 78.9. The summed E-state index contributed by atoms with van der Waals surface area (Å²) in [6, 6.07) is 4.74. The minimum absolute atomic E-state index is 0.0320. The quantitative estimate of drug-likeness (QED) is 0.0199. The fourth-order valence-corrected chi connectivity index (χ4v) is 16.5. The first-order valence-corrected chi connectivity index (χ1v) is 47.0. The summed E-state index contributed by atoms with van der Waals surface area (Å²) in [5.74, 6) is -22.1. The number of carbonyl (C=O) groups is 17. The summed E-state index contributed by atoms with van der Waals surface area (Å²) in [6.07, 6.45) is 1.37. The lowest BCUT2D eigenvalue weighted by atomic mass is 9.84. The molecule has 4 aromatic carbocycles. The first-order chi connectivity index (χ1) is 64.3. The Kier molecular flexibility index (Phi) is 42.9. The third kappa shape index (κ3) is 34.0. The fraction of sp³-hybridized carbons (Fsp3) is 0.532. The molecule has 7 rings (SSSR count). The Morgan fingerprint density at radius 3 is 1.54 bits per heavy atom. The molecule has 0 bridgehead atoms. The van der Waals surface area contributed by atoms with E-state index < -0.39 is 252 Å². The van der Waals surface area contributed by atoms with Crippen LogP contribution in [0.1, 0.15) is 157 Å². The Morgan fingerprint density at radius 1 is 0.515 bits per heavy atom. The van der Waals surface area contributed by atoms with Crippen LogP contribution >= 0.6 is 11.8 Å². The highest BCUT2D eigenvalue weighted by molar-refractivity contribution is 8.00. The predicted octanol–water partition coefficient (Wildman–Crippen LogP) is -0.484. The number of nitrogens with two attached hydrogens (primary N) is 3. The van der Waals surface area contributed by atoms with Gasteiger partial charge in [0, 0.05) is 62.3 Å². The first-order valence-electron chi connectivity index (χ1n) is 45.9. The summed E-state index contributed by atoms with van der Waals surface area (Å²) in [5, 5.41) is 79.6. The molecule has 2 aliphatic rings. The van der Waals surface area contributed by atoms with Gasteiger partial charge < -0.3 is 122 Å². The molecule has 742 valence electrons. The number of para-hydroxylation sites is 1. The number of aromatic hydroxyl groups is 1. The normalized spacial score (nSPS) is 24.4. The number of carboxylic acids is 1. The SMILES string of the molecule is CC(C)C[C@H]1NC(=O)[C@H](C)N(C)C(=O)[C@H](C(C)C)NC(=O)[C@H](Cc2ccc(-c3ccccc3)cc2)NC(=O)[C@H](C(C)C)NC(=O)[C@H](Cc2c[nH]c3ccccc23)NC(=O)[C@H](CC(=O)O)NC(=O)[C@H](Cc2ccc(O)cc2)NC(=O)[C@H](CN)NC(=O)CSC[C@@H](C(=O)N[C@@H](C)C(N)=O)NC(=O)[C@H]([C@@H](C)O)NC(=O)[C@H](C(C)C)NC(=O)[C@H](CC2CCCCC2)NC(=O)[C@H](CCCNC(=N)N)NC1=O. The minimum Gasteiger partial charge on any atom is -0.508 e. The summed E-state index contributed by atoms with van der Waals surface area (Å²) >= 11 is 0.686. The van der Waals surface area contributed by atoms with Crippen molar-refractivity contribution in [1.82, 2.24) is 89.6 Å². The van der Waals surface area contributed by atoms with Crippen molar-refractivity contribution in [2.45, 2.75) is 256 Å². The van der Waals surface area contributed by atoms with Crippen molar-refractivity contribution in [2.75, 3.05) is 31.6 Å². The van der Waals surface area contributed by atoms with E-state index >= 15 is 33.6 Å². The lowest BCUT2D eigenvalue weighted by Gasteiger charge is -2.33. The first kappa shape index (κ1) is 110. The lowest BCUT2D eigenvalue weighted by Crippen LogP contribution is -2.63. The number of guanidine groups is 1. The van der Waals surface area contributed by atoms with Crippen LogP contribution in [0.3, 0.4) is 0 Å². The monoisotopic (exact) mass is 1910 g/mol. The van der Waals surface area contributed by atoms with Gasteiger partial charge in [0.15, 0.2) is 5.96 Å². The molecule has 42 heteroatoms. The summed E-state index contributed by atoms with van der Waals surface area (Å²) in [5.41, 5.74) is 20.8. The third-order valence-electron chi connectivity index (χ3n) is 23.7. The molecule has 136 heavy (non-hydrogen) atoms. The van der Waals surface area contributed by atoms with Gasteiger partial charge in [-0.15, -0.1) is 11.8 Å². The van der Waals surface area contributed by atoms with Gasteiger partial charge in [-0.3, -0.25) is 86.9 Å². The maximum atomic E-state index is 15.4. The lowest BCUT2D eigenvalue weighted by molar-refractivity contribution is -0.143. The molecule has 41 nitrogen and oxygen atoms in total. The van der Waals surface area contributed by atoms with Crippen molar-refractivity contribution in [3.63, 3.8) is 0 Å². The molecule has 16 atom stereocenters. The maximum Gasteiger partial charge on any atom is 0.305 e. The highest BCUT2D eigenvalue weighted by atomic mass is 32.2. The molecule has 5 aromatic rings. The number of thioether (sulfide) groups is 1. The number of fused-ring (bicyclic) bond motifs is 1. The Labute approximate surface area is 794 Å². The number of hydrogen-bond acceptors (Lipinski definition) is 22. The molecule has 1 aliphatic heterocycles. The van der Waals surface area contributed by atoms with Gasteiger partial charge >= 0.3 is 5.97 Å². The number of hydrogen-bond donors (Lipinski definition) is 23. The third-order valence-corrected chi connectivity index (χ3v) is 24.7. The molecular weight excluding hydrogens is 1780 g/mol. The van der Waals surface area contributed by atoms with Crippen molar-refractivity contribution in [1.29, 1.82) is 5.41 Å². The Balaban J connectivity index is 1.31. The van der Waals surface area contributed by atoms with Gasteiger partial charge in [0.05, 0.1) is 18.3 Å². The number of phenols is 1. The number of nitrogens with zero attached hydrogens (tertiary/aromatic N) is 1. The number of amides is 16.